The molecule has 0 bridgehead atoms. The molecule has 0 radical (unpaired) electrons. The van der Waals surface area contributed by atoms with Gasteiger partial charge in [-0.05, 0) is 19.8 Å². The van der Waals surface area contributed by atoms with E-state index in [9.17, 15) is 4.79 Å². The van der Waals surface area contributed by atoms with Crippen molar-refractivity contribution in [2.24, 2.45) is 0 Å². The van der Waals surface area contributed by atoms with E-state index in [1.54, 1.807) is 4.90 Å². The largest absolute Gasteiger partial charge is 0.395 e. The first kappa shape index (κ1) is 11.3. The van der Waals surface area contributed by atoms with E-state index in [1.165, 1.54) is 11.3 Å². The third-order valence-corrected chi connectivity index (χ3v) is 3.30. The van der Waals surface area contributed by atoms with Crippen molar-refractivity contribution in [3.05, 3.63) is 11.1 Å². The highest BCUT2D eigenvalue weighted by atomic mass is 32.1. The minimum atomic E-state index is -0.161. The summed E-state index contributed by atoms with van der Waals surface area (Å²) in [5.74, 6) is 0. The van der Waals surface area contributed by atoms with Crippen LogP contribution in [0, 0.1) is 6.92 Å². The lowest BCUT2D eigenvalue weighted by Crippen LogP contribution is -2.38. The van der Waals surface area contributed by atoms with Crippen LogP contribution < -0.4 is 5.32 Å². The summed E-state index contributed by atoms with van der Waals surface area (Å²) in [7, 11) is 0. The standard InChI is InChI=1S/C10H15N3O2S/c1-7-6-16-9(11-7)12-10(15)13(4-5-14)8-2-3-8/h6,8,14H,2-5H2,1H3,(H,11,12,15). The molecule has 1 heterocycles. The van der Waals surface area contributed by atoms with Crippen molar-refractivity contribution in [3.63, 3.8) is 0 Å². The number of carbonyl (C=O) groups excluding carboxylic acids is 1. The maximum atomic E-state index is 11.9. The van der Waals surface area contributed by atoms with Crippen LogP contribution >= 0.6 is 11.3 Å². The van der Waals surface area contributed by atoms with Gasteiger partial charge >= 0.3 is 6.03 Å². The van der Waals surface area contributed by atoms with Crippen LogP contribution in [0.2, 0.25) is 0 Å². The van der Waals surface area contributed by atoms with Gasteiger partial charge in [0.15, 0.2) is 5.13 Å². The van der Waals surface area contributed by atoms with E-state index in [-0.39, 0.29) is 12.6 Å². The topological polar surface area (TPSA) is 65.5 Å². The Bertz CT molecular complexity index is 376. The summed E-state index contributed by atoms with van der Waals surface area (Å²) in [5.41, 5.74) is 0.903. The van der Waals surface area contributed by atoms with Crippen LogP contribution in [0.25, 0.3) is 0 Å². The van der Waals surface area contributed by atoms with Gasteiger partial charge in [-0.15, -0.1) is 11.3 Å². The van der Waals surface area contributed by atoms with Crippen molar-refractivity contribution < 1.29 is 9.90 Å². The molecule has 1 fully saturated rings. The van der Waals surface area contributed by atoms with E-state index in [0.29, 0.717) is 17.7 Å². The van der Waals surface area contributed by atoms with Crippen LogP contribution in [-0.2, 0) is 0 Å². The summed E-state index contributed by atoms with van der Waals surface area (Å²) in [6.07, 6.45) is 2.06. The first-order chi connectivity index (χ1) is 7.70. The highest BCUT2D eigenvalue weighted by Crippen LogP contribution is 2.27. The van der Waals surface area contributed by atoms with Crippen molar-refractivity contribution >= 4 is 22.5 Å². The fraction of sp³-hybridized carbons (Fsp3) is 0.600. The zero-order chi connectivity index (χ0) is 11.5. The number of nitrogens with one attached hydrogen (secondary N) is 1. The molecule has 2 N–H and O–H groups in total. The van der Waals surface area contributed by atoms with Gasteiger partial charge in [0.1, 0.15) is 0 Å². The number of hydrogen-bond donors (Lipinski definition) is 2. The van der Waals surface area contributed by atoms with Crippen molar-refractivity contribution in [2.75, 3.05) is 18.5 Å². The van der Waals surface area contributed by atoms with Crippen LogP contribution in [0.3, 0.4) is 0 Å². The number of aromatic nitrogens is 1. The zero-order valence-corrected chi connectivity index (χ0v) is 9.96. The van der Waals surface area contributed by atoms with Gasteiger partial charge in [-0.2, -0.15) is 0 Å². The van der Waals surface area contributed by atoms with E-state index in [2.05, 4.69) is 10.3 Å². The number of rotatable bonds is 4. The maximum absolute atomic E-state index is 11.9. The van der Waals surface area contributed by atoms with Crippen molar-refractivity contribution in [1.82, 2.24) is 9.88 Å². The first-order valence-electron chi connectivity index (χ1n) is 5.31. The predicted octanol–water partition coefficient (Wildman–Crippen LogP) is 1.44. The minimum absolute atomic E-state index is 0.000810. The van der Waals surface area contributed by atoms with Gasteiger partial charge in [0.05, 0.1) is 12.3 Å². The number of nitrogens with zero attached hydrogens (tertiary/aromatic N) is 2. The Hall–Kier alpha value is -1.14. The lowest BCUT2D eigenvalue weighted by atomic mass is 10.5. The van der Waals surface area contributed by atoms with Crippen LogP contribution in [0.5, 0.6) is 0 Å². The van der Waals surface area contributed by atoms with Gasteiger partial charge < -0.3 is 10.0 Å². The number of amides is 2. The van der Waals surface area contributed by atoms with Crippen molar-refractivity contribution in [2.45, 2.75) is 25.8 Å². The minimum Gasteiger partial charge on any atom is -0.395 e. The molecule has 2 rings (SSSR count). The molecule has 1 aliphatic carbocycles. The van der Waals surface area contributed by atoms with Crippen LogP contribution in [0.15, 0.2) is 5.38 Å². The smallest absolute Gasteiger partial charge is 0.323 e. The Kier molecular flexibility index (Phi) is 3.40. The van der Waals surface area contributed by atoms with Gasteiger partial charge in [-0.1, -0.05) is 0 Å². The molecule has 88 valence electrons. The van der Waals surface area contributed by atoms with Crippen molar-refractivity contribution in [1.29, 1.82) is 0 Å². The number of aliphatic hydroxyl groups excluding tert-OH is 1. The summed E-state index contributed by atoms with van der Waals surface area (Å²) >= 11 is 1.41. The molecular formula is C10H15N3O2S. The highest BCUT2D eigenvalue weighted by Gasteiger charge is 2.32. The molecule has 1 aromatic heterocycles. The SMILES string of the molecule is Cc1csc(NC(=O)N(CCO)C2CC2)n1. The molecule has 0 aromatic carbocycles. The summed E-state index contributed by atoms with van der Waals surface area (Å²) < 4.78 is 0. The molecule has 5 nitrogen and oxygen atoms in total. The second-order valence-electron chi connectivity index (χ2n) is 3.87. The summed E-state index contributed by atoms with van der Waals surface area (Å²) in [5, 5.41) is 14.2. The van der Waals surface area contributed by atoms with E-state index >= 15 is 0 Å². The number of aryl methyl sites for hydroxylation is 1. The van der Waals surface area contributed by atoms with Crippen LogP contribution in [-0.4, -0.2) is 40.2 Å². The second-order valence-corrected chi connectivity index (χ2v) is 4.73. The van der Waals surface area contributed by atoms with Gasteiger partial charge in [-0.3, -0.25) is 5.32 Å². The number of thiazole rings is 1. The van der Waals surface area contributed by atoms with Crippen LogP contribution in [0.1, 0.15) is 18.5 Å². The zero-order valence-electron chi connectivity index (χ0n) is 9.14. The number of carbonyl (C=O) groups is 1. The number of anilines is 1. The molecule has 0 unspecified atom stereocenters. The summed E-state index contributed by atoms with van der Waals surface area (Å²) in [4.78, 5) is 17.7. The Morgan fingerprint density at radius 2 is 2.50 bits per heavy atom. The number of urea groups is 1. The monoisotopic (exact) mass is 241 g/mol. The molecule has 0 atom stereocenters. The Labute approximate surface area is 98.1 Å². The predicted molar refractivity (Wildman–Crippen MR) is 62.7 cm³/mol. The summed E-state index contributed by atoms with van der Waals surface area (Å²) in [6.45, 7) is 2.28. The third kappa shape index (κ3) is 2.70. The highest BCUT2D eigenvalue weighted by molar-refractivity contribution is 7.13. The molecule has 1 saturated carbocycles. The molecule has 0 spiro atoms. The van der Waals surface area contributed by atoms with E-state index in [4.69, 9.17) is 5.11 Å². The molecule has 1 aliphatic rings. The molecule has 0 aliphatic heterocycles. The van der Waals surface area contributed by atoms with Gasteiger partial charge in [-0.25, -0.2) is 9.78 Å². The molecule has 6 heteroatoms. The van der Waals surface area contributed by atoms with E-state index in [1.807, 2.05) is 12.3 Å². The summed E-state index contributed by atoms with van der Waals surface area (Å²) in [6, 6.07) is 0.138. The fourth-order valence-electron chi connectivity index (χ4n) is 1.52. The molecule has 2 amide bonds. The van der Waals surface area contributed by atoms with Gasteiger partial charge in [0, 0.05) is 18.0 Å². The van der Waals surface area contributed by atoms with Crippen molar-refractivity contribution in [3.8, 4) is 0 Å². The lowest BCUT2D eigenvalue weighted by Gasteiger charge is -2.20. The molecular weight excluding hydrogens is 226 g/mol. The quantitative estimate of drug-likeness (QED) is 0.838. The maximum Gasteiger partial charge on any atom is 0.323 e. The second kappa shape index (κ2) is 4.80. The lowest BCUT2D eigenvalue weighted by molar-refractivity contribution is 0.185. The Morgan fingerprint density at radius 3 is 3.00 bits per heavy atom. The third-order valence-electron chi connectivity index (χ3n) is 2.42. The number of hydrogen-bond acceptors (Lipinski definition) is 4. The molecule has 1 aromatic rings. The Balaban J connectivity index is 1.94. The average molecular weight is 241 g/mol. The molecule has 16 heavy (non-hydrogen) atoms. The average Bonchev–Trinajstić information content (AvgIpc) is 3.00. The van der Waals surface area contributed by atoms with E-state index < -0.39 is 0 Å². The van der Waals surface area contributed by atoms with Gasteiger partial charge in [0.25, 0.3) is 0 Å². The van der Waals surface area contributed by atoms with Gasteiger partial charge in [0.2, 0.25) is 0 Å². The van der Waals surface area contributed by atoms with E-state index in [0.717, 1.165) is 18.5 Å². The van der Waals surface area contributed by atoms with Crippen LogP contribution in [0.4, 0.5) is 9.93 Å². The molecule has 0 saturated heterocycles. The first-order valence-corrected chi connectivity index (χ1v) is 6.19. The number of aliphatic hydroxyl groups is 1. The normalized spacial score (nSPS) is 14.9. The fourth-order valence-corrected chi connectivity index (χ4v) is 2.20. The Morgan fingerprint density at radius 1 is 1.75 bits per heavy atom.